The van der Waals surface area contributed by atoms with Crippen LogP contribution in [0.3, 0.4) is 0 Å². The second-order valence-electron chi connectivity index (χ2n) is 5.52. The van der Waals surface area contributed by atoms with E-state index in [4.69, 9.17) is 10.2 Å². The van der Waals surface area contributed by atoms with Gasteiger partial charge < -0.3 is 20.8 Å². The molecular formula is C18H20N2O6. The molecule has 0 atom stereocenters. The number of carbonyl (C=O) groups is 4. The van der Waals surface area contributed by atoms with Crippen LogP contribution in [-0.2, 0) is 32.3 Å². The number of carbonyl (C=O) groups excluding carboxylic acids is 2. The Morgan fingerprint density at radius 2 is 1.23 bits per heavy atom. The van der Waals surface area contributed by atoms with Crippen LogP contribution in [-0.4, -0.2) is 34.0 Å². The van der Waals surface area contributed by atoms with Gasteiger partial charge in [-0.05, 0) is 25.0 Å². The maximum atomic E-state index is 11.8. The van der Waals surface area contributed by atoms with E-state index in [0.717, 1.165) is 23.3 Å². The van der Waals surface area contributed by atoms with Gasteiger partial charge in [0.25, 0.3) is 0 Å². The standard InChI is InChI=1S/C18H20N2O6/c1-11(6-15(21)22)17(25)19-9-13-4-3-5-14(8-13)10-20-18(26)12(2)7-16(23)24/h3-8H,9-10H2,1-2H3,(H,19,25)(H,20,26)(H,21,22)(H,23,24)/b11-6-,12-7-. The zero-order chi connectivity index (χ0) is 19.7. The Labute approximate surface area is 150 Å². The Morgan fingerprint density at radius 3 is 1.58 bits per heavy atom. The number of rotatable bonds is 8. The molecule has 0 bridgehead atoms. The van der Waals surface area contributed by atoms with Crippen LogP contribution in [0.4, 0.5) is 0 Å². The molecule has 0 unspecified atom stereocenters. The van der Waals surface area contributed by atoms with Gasteiger partial charge in [0.15, 0.2) is 0 Å². The molecule has 0 aliphatic heterocycles. The maximum Gasteiger partial charge on any atom is 0.328 e. The lowest BCUT2D eigenvalue weighted by atomic mass is 10.1. The highest BCUT2D eigenvalue weighted by Gasteiger charge is 2.08. The zero-order valence-electron chi connectivity index (χ0n) is 14.4. The Hall–Kier alpha value is -3.42. The lowest BCUT2D eigenvalue weighted by molar-refractivity contribution is -0.132. The first kappa shape index (κ1) is 20.6. The number of aliphatic carboxylic acids is 2. The molecule has 0 saturated heterocycles. The number of benzene rings is 1. The smallest absolute Gasteiger partial charge is 0.328 e. The summed E-state index contributed by atoms with van der Waals surface area (Å²) in [4.78, 5) is 44.6. The third-order valence-electron chi connectivity index (χ3n) is 3.29. The minimum absolute atomic E-state index is 0.0848. The summed E-state index contributed by atoms with van der Waals surface area (Å²) >= 11 is 0. The van der Waals surface area contributed by atoms with Gasteiger partial charge in [0.05, 0.1) is 0 Å². The van der Waals surface area contributed by atoms with Crippen molar-refractivity contribution in [2.24, 2.45) is 0 Å². The average molecular weight is 360 g/mol. The molecule has 0 fully saturated rings. The summed E-state index contributed by atoms with van der Waals surface area (Å²) in [5.74, 6) is -3.36. The average Bonchev–Trinajstić information content (AvgIpc) is 2.56. The van der Waals surface area contributed by atoms with Crippen LogP contribution < -0.4 is 10.6 Å². The van der Waals surface area contributed by atoms with E-state index in [1.807, 2.05) is 0 Å². The topological polar surface area (TPSA) is 133 Å². The number of nitrogens with one attached hydrogen (secondary N) is 2. The van der Waals surface area contributed by atoms with Crippen LogP contribution in [0.25, 0.3) is 0 Å². The SMILES string of the molecule is C/C(=C/C(=O)O)C(=O)NCc1cccc(CNC(=O)/C(C)=C\C(=O)O)c1. The fraction of sp³-hybridized carbons (Fsp3) is 0.222. The summed E-state index contributed by atoms with van der Waals surface area (Å²) in [6, 6.07) is 7.07. The molecule has 138 valence electrons. The van der Waals surface area contributed by atoms with Gasteiger partial charge in [-0.1, -0.05) is 24.3 Å². The van der Waals surface area contributed by atoms with Crippen molar-refractivity contribution in [3.8, 4) is 0 Å². The molecule has 26 heavy (non-hydrogen) atoms. The normalized spacial score (nSPS) is 11.6. The molecule has 0 heterocycles. The first-order valence-corrected chi connectivity index (χ1v) is 7.65. The molecule has 1 aromatic carbocycles. The van der Waals surface area contributed by atoms with Gasteiger partial charge in [-0.2, -0.15) is 0 Å². The Bertz CT molecular complexity index is 718. The highest BCUT2D eigenvalue weighted by Crippen LogP contribution is 2.06. The molecule has 0 saturated carbocycles. The van der Waals surface area contributed by atoms with Crippen LogP contribution in [0.2, 0.25) is 0 Å². The van der Waals surface area contributed by atoms with Crippen molar-refractivity contribution < 1.29 is 29.4 Å². The van der Waals surface area contributed by atoms with E-state index in [2.05, 4.69) is 10.6 Å². The summed E-state index contributed by atoms with van der Waals surface area (Å²) in [5, 5.41) is 22.4. The summed E-state index contributed by atoms with van der Waals surface area (Å²) in [6.07, 6.45) is 1.66. The number of hydrogen-bond acceptors (Lipinski definition) is 4. The lowest BCUT2D eigenvalue weighted by Gasteiger charge is -2.09. The van der Waals surface area contributed by atoms with Crippen LogP contribution in [0.5, 0.6) is 0 Å². The second-order valence-corrected chi connectivity index (χ2v) is 5.52. The third-order valence-corrected chi connectivity index (χ3v) is 3.29. The molecule has 4 N–H and O–H groups in total. The quantitative estimate of drug-likeness (QED) is 0.511. The van der Waals surface area contributed by atoms with Crippen molar-refractivity contribution in [3.05, 3.63) is 58.7 Å². The van der Waals surface area contributed by atoms with Gasteiger partial charge in [-0.15, -0.1) is 0 Å². The van der Waals surface area contributed by atoms with Crippen LogP contribution in [0, 0.1) is 0 Å². The molecule has 0 aromatic heterocycles. The summed E-state index contributed by atoms with van der Waals surface area (Å²) in [6.45, 7) is 3.21. The third kappa shape index (κ3) is 7.43. The predicted molar refractivity (Wildman–Crippen MR) is 92.9 cm³/mol. The van der Waals surface area contributed by atoms with Crippen molar-refractivity contribution in [2.75, 3.05) is 0 Å². The van der Waals surface area contributed by atoms with E-state index >= 15 is 0 Å². The molecule has 8 heteroatoms. The van der Waals surface area contributed by atoms with Gasteiger partial charge in [0.1, 0.15) is 0 Å². The number of carboxylic acid groups (broad SMARTS) is 2. The molecule has 2 amide bonds. The number of amides is 2. The zero-order valence-corrected chi connectivity index (χ0v) is 14.4. The first-order chi connectivity index (χ1) is 12.2. The van der Waals surface area contributed by atoms with Gasteiger partial charge in [0.2, 0.25) is 11.8 Å². The summed E-state index contributed by atoms with van der Waals surface area (Å²) < 4.78 is 0. The van der Waals surface area contributed by atoms with Crippen LogP contribution >= 0.6 is 0 Å². The van der Waals surface area contributed by atoms with E-state index in [0.29, 0.717) is 0 Å². The number of hydrogen-bond donors (Lipinski definition) is 4. The summed E-state index contributed by atoms with van der Waals surface area (Å²) in [7, 11) is 0. The molecule has 0 aliphatic carbocycles. The number of carboxylic acids is 2. The van der Waals surface area contributed by atoms with Crippen molar-refractivity contribution in [3.63, 3.8) is 0 Å². The Balaban J connectivity index is 2.63. The van der Waals surface area contributed by atoms with E-state index in [-0.39, 0.29) is 24.2 Å². The molecule has 1 aromatic rings. The van der Waals surface area contributed by atoms with E-state index in [1.165, 1.54) is 13.8 Å². The van der Waals surface area contributed by atoms with Crippen LogP contribution in [0.15, 0.2) is 47.6 Å². The molecule has 0 spiro atoms. The molecule has 0 aliphatic rings. The van der Waals surface area contributed by atoms with E-state index in [9.17, 15) is 19.2 Å². The Kier molecular flexibility index (Phi) is 7.75. The van der Waals surface area contributed by atoms with Crippen LogP contribution in [0.1, 0.15) is 25.0 Å². The molecule has 0 radical (unpaired) electrons. The van der Waals surface area contributed by atoms with Crippen molar-refractivity contribution >= 4 is 23.8 Å². The minimum Gasteiger partial charge on any atom is -0.478 e. The van der Waals surface area contributed by atoms with Gasteiger partial charge in [0, 0.05) is 36.4 Å². The molecule has 8 nitrogen and oxygen atoms in total. The van der Waals surface area contributed by atoms with Gasteiger partial charge in [-0.25, -0.2) is 9.59 Å². The van der Waals surface area contributed by atoms with Crippen molar-refractivity contribution in [2.45, 2.75) is 26.9 Å². The summed E-state index contributed by atoms with van der Waals surface area (Å²) in [5.41, 5.74) is 1.71. The van der Waals surface area contributed by atoms with E-state index in [1.54, 1.807) is 24.3 Å². The van der Waals surface area contributed by atoms with Gasteiger partial charge >= 0.3 is 11.9 Å². The first-order valence-electron chi connectivity index (χ1n) is 7.65. The molecule has 1 rings (SSSR count). The largest absolute Gasteiger partial charge is 0.478 e. The fourth-order valence-corrected chi connectivity index (χ4v) is 1.99. The van der Waals surface area contributed by atoms with Crippen molar-refractivity contribution in [1.29, 1.82) is 0 Å². The lowest BCUT2D eigenvalue weighted by Crippen LogP contribution is -2.25. The highest BCUT2D eigenvalue weighted by molar-refractivity contribution is 5.99. The maximum absolute atomic E-state index is 11.8. The molecular weight excluding hydrogens is 340 g/mol. The monoisotopic (exact) mass is 360 g/mol. The van der Waals surface area contributed by atoms with Gasteiger partial charge in [-0.3, -0.25) is 9.59 Å². The fourth-order valence-electron chi connectivity index (χ4n) is 1.99. The van der Waals surface area contributed by atoms with Crippen molar-refractivity contribution in [1.82, 2.24) is 10.6 Å². The van der Waals surface area contributed by atoms with E-state index < -0.39 is 23.8 Å². The predicted octanol–water partition coefficient (Wildman–Crippen LogP) is 0.981. The second kappa shape index (κ2) is 9.77. The Morgan fingerprint density at radius 1 is 0.846 bits per heavy atom. The highest BCUT2D eigenvalue weighted by atomic mass is 16.4. The minimum atomic E-state index is -1.19.